The van der Waals surface area contributed by atoms with E-state index in [9.17, 15) is 5.11 Å². The Labute approximate surface area is 99.0 Å². The monoisotopic (exact) mass is 279 g/mol. The van der Waals surface area contributed by atoms with Crippen molar-refractivity contribution in [1.29, 1.82) is 0 Å². The molecule has 1 aromatic carbocycles. The van der Waals surface area contributed by atoms with E-state index in [1.54, 1.807) is 0 Å². The Balaban J connectivity index is 0.00000169. The zero-order valence-electron chi connectivity index (χ0n) is 8.25. The molecule has 0 heterocycles. The fraction of sp³-hybridized carbons (Fsp3) is 0.400. The van der Waals surface area contributed by atoms with E-state index in [2.05, 4.69) is 15.9 Å². The quantitative estimate of drug-likeness (QED) is 0.874. The van der Waals surface area contributed by atoms with E-state index in [1.807, 2.05) is 26.0 Å². The van der Waals surface area contributed by atoms with Crippen LogP contribution in [0.15, 0.2) is 16.6 Å². The first kappa shape index (κ1) is 13.9. The molecule has 0 fully saturated rings. The van der Waals surface area contributed by atoms with Crippen molar-refractivity contribution in [2.45, 2.75) is 20.0 Å². The first-order chi connectivity index (χ1) is 6.07. The van der Waals surface area contributed by atoms with Crippen molar-refractivity contribution in [3.8, 4) is 0 Å². The van der Waals surface area contributed by atoms with E-state index in [-0.39, 0.29) is 19.0 Å². The maximum Gasteiger partial charge on any atom is 0.0914 e. The first-order valence-corrected chi connectivity index (χ1v) is 5.01. The van der Waals surface area contributed by atoms with Crippen LogP contribution in [0.5, 0.6) is 0 Å². The van der Waals surface area contributed by atoms with E-state index in [0.29, 0.717) is 0 Å². The average Bonchev–Trinajstić information content (AvgIpc) is 2.13. The molecule has 1 atom stereocenters. The Morgan fingerprint density at radius 3 is 2.43 bits per heavy atom. The number of benzene rings is 1. The van der Waals surface area contributed by atoms with Gasteiger partial charge in [0.05, 0.1) is 6.10 Å². The highest BCUT2D eigenvalue weighted by Gasteiger charge is 2.10. The molecule has 3 N–H and O–H groups in total. The van der Waals surface area contributed by atoms with Crippen LogP contribution in [0.1, 0.15) is 22.8 Å². The van der Waals surface area contributed by atoms with Gasteiger partial charge in [0.2, 0.25) is 0 Å². The molecule has 0 saturated carbocycles. The SMILES string of the molecule is Cc1c(Br)ccc([C@@H](O)CN)c1C.Cl. The number of hydrogen-bond donors (Lipinski definition) is 2. The van der Waals surface area contributed by atoms with Gasteiger partial charge in [-0.1, -0.05) is 22.0 Å². The summed E-state index contributed by atoms with van der Waals surface area (Å²) >= 11 is 3.44. The molecule has 2 nitrogen and oxygen atoms in total. The molecule has 0 amide bonds. The average molecular weight is 281 g/mol. The van der Waals surface area contributed by atoms with E-state index >= 15 is 0 Å². The summed E-state index contributed by atoms with van der Waals surface area (Å²) in [5.41, 5.74) is 8.58. The maximum atomic E-state index is 9.59. The molecule has 0 unspecified atom stereocenters. The normalized spacial score (nSPS) is 12.1. The van der Waals surface area contributed by atoms with Crippen molar-refractivity contribution < 1.29 is 5.11 Å². The zero-order chi connectivity index (χ0) is 10.0. The number of hydrogen-bond acceptors (Lipinski definition) is 2. The molecule has 0 saturated heterocycles. The minimum Gasteiger partial charge on any atom is -0.387 e. The van der Waals surface area contributed by atoms with Crippen molar-refractivity contribution in [2.24, 2.45) is 5.73 Å². The highest BCUT2D eigenvalue weighted by molar-refractivity contribution is 9.10. The summed E-state index contributed by atoms with van der Waals surface area (Å²) in [6, 6.07) is 3.85. The molecule has 1 rings (SSSR count). The molecule has 1 aromatic rings. The predicted octanol–water partition coefficient (Wildman–Crippen LogP) is 2.48. The Hall–Kier alpha value is -0.0900. The van der Waals surface area contributed by atoms with Gasteiger partial charge in [0, 0.05) is 11.0 Å². The van der Waals surface area contributed by atoms with Crippen LogP contribution in [0.4, 0.5) is 0 Å². The van der Waals surface area contributed by atoms with Crippen LogP contribution in [0.25, 0.3) is 0 Å². The molecular weight excluding hydrogens is 265 g/mol. The molecule has 0 aliphatic carbocycles. The Bertz CT molecular complexity index is 317. The van der Waals surface area contributed by atoms with Gasteiger partial charge < -0.3 is 10.8 Å². The lowest BCUT2D eigenvalue weighted by atomic mass is 9.99. The van der Waals surface area contributed by atoms with Crippen LogP contribution in [0.3, 0.4) is 0 Å². The van der Waals surface area contributed by atoms with Gasteiger partial charge in [-0.2, -0.15) is 0 Å². The molecule has 0 aromatic heterocycles. The second-order valence-corrected chi connectivity index (χ2v) is 3.99. The molecule has 0 aliphatic rings. The van der Waals surface area contributed by atoms with Crippen molar-refractivity contribution in [3.63, 3.8) is 0 Å². The fourth-order valence-electron chi connectivity index (χ4n) is 1.30. The second-order valence-electron chi connectivity index (χ2n) is 3.14. The third-order valence-electron chi connectivity index (χ3n) is 2.35. The summed E-state index contributed by atoms with van der Waals surface area (Å²) in [5, 5.41) is 9.59. The van der Waals surface area contributed by atoms with E-state index < -0.39 is 6.10 Å². The lowest BCUT2D eigenvalue weighted by Crippen LogP contribution is -2.13. The Morgan fingerprint density at radius 1 is 1.36 bits per heavy atom. The van der Waals surface area contributed by atoms with Gasteiger partial charge in [-0.25, -0.2) is 0 Å². The van der Waals surface area contributed by atoms with Gasteiger partial charge in [-0.15, -0.1) is 12.4 Å². The lowest BCUT2D eigenvalue weighted by molar-refractivity contribution is 0.186. The van der Waals surface area contributed by atoms with Gasteiger partial charge in [0.1, 0.15) is 0 Å². The first-order valence-electron chi connectivity index (χ1n) is 4.21. The van der Waals surface area contributed by atoms with Gasteiger partial charge in [-0.3, -0.25) is 0 Å². The molecule has 0 spiro atoms. The minimum atomic E-state index is -0.549. The summed E-state index contributed by atoms with van der Waals surface area (Å²) in [5.74, 6) is 0. The van der Waals surface area contributed by atoms with Crippen LogP contribution in [0.2, 0.25) is 0 Å². The predicted molar refractivity (Wildman–Crippen MR) is 64.9 cm³/mol. The van der Waals surface area contributed by atoms with Crippen molar-refractivity contribution in [3.05, 3.63) is 33.3 Å². The van der Waals surface area contributed by atoms with Gasteiger partial charge in [-0.05, 0) is 36.6 Å². The lowest BCUT2D eigenvalue weighted by Gasteiger charge is -2.14. The van der Waals surface area contributed by atoms with Gasteiger partial charge in [0.15, 0.2) is 0 Å². The topological polar surface area (TPSA) is 46.2 Å². The van der Waals surface area contributed by atoms with E-state index in [4.69, 9.17) is 5.73 Å². The highest BCUT2D eigenvalue weighted by Crippen LogP contribution is 2.25. The molecule has 0 bridgehead atoms. The number of aliphatic hydroxyl groups excluding tert-OH is 1. The summed E-state index contributed by atoms with van der Waals surface area (Å²) in [6.07, 6.45) is -0.549. The maximum absolute atomic E-state index is 9.59. The summed E-state index contributed by atoms with van der Waals surface area (Å²) < 4.78 is 1.07. The fourth-order valence-corrected chi connectivity index (χ4v) is 1.73. The zero-order valence-corrected chi connectivity index (χ0v) is 10.7. The Kier molecular flexibility index (Phi) is 5.67. The molecule has 80 valence electrons. The number of aliphatic hydroxyl groups is 1. The molecule has 0 radical (unpaired) electrons. The Morgan fingerprint density at radius 2 is 1.93 bits per heavy atom. The van der Waals surface area contributed by atoms with Crippen LogP contribution in [-0.4, -0.2) is 11.7 Å². The molecular formula is C10H15BrClNO. The number of nitrogens with two attached hydrogens (primary N) is 1. The molecule has 0 aliphatic heterocycles. The summed E-state index contributed by atoms with van der Waals surface area (Å²) in [7, 11) is 0. The van der Waals surface area contributed by atoms with Crippen molar-refractivity contribution in [2.75, 3.05) is 6.54 Å². The van der Waals surface area contributed by atoms with Crippen molar-refractivity contribution >= 4 is 28.3 Å². The second kappa shape index (κ2) is 5.71. The third-order valence-corrected chi connectivity index (χ3v) is 3.20. The number of halogens is 2. The number of rotatable bonds is 2. The molecule has 4 heteroatoms. The minimum absolute atomic E-state index is 0. The van der Waals surface area contributed by atoms with Gasteiger partial charge >= 0.3 is 0 Å². The van der Waals surface area contributed by atoms with Crippen LogP contribution in [-0.2, 0) is 0 Å². The standard InChI is InChI=1S/C10H14BrNO.ClH/c1-6-7(2)9(11)4-3-8(6)10(13)5-12;/h3-4,10,13H,5,12H2,1-2H3;1H/t10-;/m0./s1. The van der Waals surface area contributed by atoms with Gasteiger partial charge in [0.25, 0.3) is 0 Å². The van der Waals surface area contributed by atoms with Crippen LogP contribution >= 0.6 is 28.3 Å². The highest BCUT2D eigenvalue weighted by atomic mass is 79.9. The van der Waals surface area contributed by atoms with Crippen LogP contribution in [0, 0.1) is 13.8 Å². The van der Waals surface area contributed by atoms with Crippen LogP contribution < -0.4 is 5.73 Å². The molecule has 14 heavy (non-hydrogen) atoms. The van der Waals surface area contributed by atoms with E-state index in [1.165, 1.54) is 0 Å². The third kappa shape index (κ3) is 2.70. The largest absolute Gasteiger partial charge is 0.387 e. The summed E-state index contributed by atoms with van der Waals surface area (Å²) in [4.78, 5) is 0. The van der Waals surface area contributed by atoms with Crippen molar-refractivity contribution in [1.82, 2.24) is 0 Å². The smallest absolute Gasteiger partial charge is 0.0914 e. The van der Waals surface area contributed by atoms with E-state index in [0.717, 1.165) is 21.2 Å². The summed E-state index contributed by atoms with van der Waals surface area (Å²) in [6.45, 7) is 4.28.